The Balaban J connectivity index is 2.27. The lowest BCUT2D eigenvalue weighted by Crippen LogP contribution is -2.29. The fourth-order valence-electron chi connectivity index (χ4n) is 2.00. The Morgan fingerprint density at radius 1 is 1.45 bits per heavy atom. The third kappa shape index (κ3) is 2.60. The normalized spacial score (nSPS) is 12.2. The van der Waals surface area contributed by atoms with Gasteiger partial charge < -0.3 is 15.7 Å². The molecule has 1 unspecified atom stereocenters. The van der Waals surface area contributed by atoms with E-state index in [1.807, 2.05) is 13.0 Å². The summed E-state index contributed by atoms with van der Waals surface area (Å²) >= 11 is 1.18. The molecule has 0 saturated heterocycles. The minimum Gasteiger partial charge on any atom is -0.508 e. The third-order valence-corrected chi connectivity index (χ3v) is 4.27. The maximum atomic E-state index is 12.5. The van der Waals surface area contributed by atoms with Gasteiger partial charge >= 0.3 is 0 Å². The number of para-hydroxylation sites is 1. The molecule has 0 fully saturated rings. The van der Waals surface area contributed by atoms with Crippen molar-refractivity contribution in [1.29, 1.82) is 0 Å². The Kier molecular flexibility index (Phi) is 3.94. The van der Waals surface area contributed by atoms with E-state index in [4.69, 9.17) is 5.73 Å². The van der Waals surface area contributed by atoms with Crippen molar-refractivity contribution in [2.45, 2.75) is 19.9 Å². The molecule has 0 aliphatic heterocycles. The average molecular weight is 291 g/mol. The third-order valence-electron chi connectivity index (χ3n) is 3.30. The molecule has 1 atom stereocenters. The van der Waals surface area contributed by atoms with Crippen LogP contribution < -0.4 is 5.73 Å². The zero-order valence-corrected chi connectivity index (χ0v) is 12.4. The topological polar surface area (TPSA) is 79.5 Å². The number of aromatic hydroxyl groups is 1. The SMILES string of the molecule is Cc1nc(N)sc1C(=O)N(C)C(C)c1ccccc1O. The molecular weight excluding hydrogens is 274 g/mol. The molecule has 3 N–H and O–H groups in total. The van der Waals surface area contributed by atoms with Crippen LogP contribution in [-0.2, 0) is 0 Å². The first kappa shape index (κ1) is 14.3. The summed E-state index contributed by atoms with van der Waals surface area (Å²) in [4.78, 5) is 18.6. The molecule has 6 heteroatoms. The number of nitrogens with zero attached hydrogens (tertiary/aromatic N) is 2. The number of nitrogens with two attached hydrogens (primary N) is 1. The number of hydrogen-bond acceptors (Lipinski definition) is 5. The van der Waals surface area contributed by atoms with Crippen LogP contribution >= 0.6 is 11.3 Å². The van der Waals surface area contributed by atoms with E-state index in [9.17, 15) is 9.90 Å². The van der Waals surface area contributed by atoms with Crippen LogP contribution in [0.2, 0.25) is 0 Å². The molecule has 1 aromatic carbocycles. The van der Waals surface area contributed by atoms with E-state index >= 15 is 0 Å². The Morgan fingerprint density at radius 2 is 2.10 bits per heavy atom. The van der Waals surface area contributed by atoms with Crippen molar-refractivity contribution in [3.05, 3.63) is 40.4 Å². The van der Waals surface area contributed by atoms with E-state index in [1.54, 1.807) is 37.1 Å². The van der Waals surface area contributed by atoms with Gasteiger partial charge in [0.15, 0.2) is 5.13 Å². The summed E-state index contributed by atoms with van der Waals surface area (Å²) in [6.07, 6.45) is 0. The number of carbonyl (C=O) groups is 1. The van der Waals surface area contributed by atoms with E-state index in [-0.39, 0.29) is 17.7 Å². The molecule has 0 spiro atoms. The Hall–Kier alpha value is -2.08. The molecule has 1 amide bonds. The van der Waals surface area contributed by atoms with Gasteiger partial charge in [-0.05, 0) is 19.9 Å². The van der Waals surface area contributed by atoms with Gasteiger partial charge in [0, 0.05) is 12.6 Å². The number of phenolic OH excluding ortho intramolecular Hbond substituents is 1. The quantitative estimate of drug-likeness (QED) is 0.911. The molecule has 0 aliphatic rings. The zero-order valence-electron chi connectivity index (χ0n) is 11.6. The van der Waals surface area contributed by atoms with Gasteiger partial charge in [-0.25, -0.2) is 4.98 Å². The van der Waals surface area contributed by atoms with Crippen LogP contribution in [0.5, 0.6) is 5.75 Å². The van der Waals surface area contributed by atoms with Crippen molar-refractivity contribution in [3.8, 4) is 5.75 Å². The summed E-state index contributed by atoms with van der Waals surface area (Å²) < 4.78 is 0. The van der Waals surface area contributed by atoms with Gasteiger partial charge in [-0.2, -0.15) is 0 Å². The van der Waals surface area contributed by atoms with Crippen LogP contribution in [-0.4, -0.2) is 27.9 Å². The van der Waals surface area contributed by atoms with Crippen molar-refractivity contribution < 1.29 is 9.90 Å². The van der Waals surface area contributed by atoms with Crippen LogP contribution in [0.4, 0.5) is 5.13 Å². The Morgan fingerprint density at radius 3 is 2.65 bits per heavy atom. The van der Waals surface area contributed by atoms with Gasteiger partial charge in [0.05, 0.1) is 11.7 Å². The van der Waals surface area contributed by atoms with Crippen molar-refractivity contribution in [3.63, 3.8) is 0 Å². The molecule has 0 aliphatic carbocycles. The van der Waals surface area contributed by atoms with Crippen molar-refractivity contribution in [1.82, 2.24) is 9.88 Å². The van der Waals surface area contributed by atoms with Crippen LogP contribution in [0.25, 0.3) is 0 Å². The molecule has 0 saturated carbocycles. The molecule has 2 rings (SSSR count). The molecule has 0 bridgehead atoms. The van der Waals surface area contributed by atoms with Crippen LogP contribution in [0.3, 0.4) is 0 Å². The number of aromatic nitrogens is 1. The minimum atomic E-state index is -0.244. The fourth-order valence-corrected chi connectivity index (χ4v) is 2.82. The molecular formula is C14H17N3O2S. The summed E-state index contributed by atoms with van der Waals surface area (Å²) in [6, 6.07) is 6.75. The number of thiazole rings is 1. The van der Waals surface area contributed by atoms with Gasteiger partial charge in [-0.15, -0.1) is 0 Å². The Bertz CT molecular complexity index is 639. The van der Waals surface area contributed by atoms with Gasteiger partial charge in [-0.1, -0.05) is 29.5 Å². The first-order chi connectivity index (χ1) is 9.41. The predicted octanol–water partition coefficient (Wildman–Crippen LogP) is 2.57. The predicted molar refractivity (Wildman–Crippen MR) is 79.9 cm³/mol. The second kappa shape index (κ2) is 5.50. The van der Waals surface area contributed by atoms with E-state index in [2.05, 4.69) is 4.98 Å². The first-order valence-corrected chi connectivity index (χ1v) is 7.01. The highest BCUT2D eigenvalue weighted by Crippen LogP contribution is 2.30. The van der Waals surface area contributed by atoms with E-state index in [0.29, 0.717) is 21.3 Å². The minimum absolute atomic E-state index is 0.146. The highest BCUT2D eigenvalue weighted by Gasteiger charge is 2.24. The number of nitrogen functional groups attached to an aromatic ring is 1. The van der Waals surface area contributed by atoms with Gasteiger partial charge in [-0.3, -0.25) is 4.79 Å². The zero-order chi connectivity index (χ0) is 14.9. The second-order valence-corrected chi connectivity index (χ2v) is 5.65. The van der Waals surface area contributed by atoms with Crippen LogP contribution in [0.15, 0.2) is 24.3 Å². The molecule has 1 aromatic heterocycles. The molecule has 0 radical (unpaired) electrons. The smallest absolute Gasteiger partial charge is 0.266 e. The number of amides is 1. The maximum absolute atomic E-state index is 12.5. The Labute approximate surface area is 121 Å². The maximum Gasteiger partial charge on any atom is 0.266 e. The van der Waals surface area contributed by atoms with Gasteiger partial charge in [0.1, 0.15) is 10.6 Å². The summed E-state index contributed by atoms with van der Waals surface area (Å²) in [5.41, 5.74) is 6.97. The van der Waals surface area contributed by atoms with Crippen LogP contribution in [0, 0.1) is 6.92 Å². The largest absolute Gasteiger partial charge is 0.508 e. The fraction of sp³-hybridized carbons (Fsp3) is 0.286. The van der Waals surface area contributed by atoms with Gasteiger partial charge in [0.25, 0.3) is 5.91 Å². The summed E-state index contributed by atoms with van der Waals surface area (Å²) in [6.45, 7) is 3.63. The summed E-state index contributed by atoms with van der Waals surface area (Å²) in [5, 5.41) is 10.3. The van der Waals surface area contributed by atoms with Crippen LogP contribution in [0.1, 0.15) is 33.9 Å². The lowest BCUT2D eigenvalue weighted by molar-refractivity contribution is 0.0745. The lowest BCUT2D eigenvalue weighted by atomic mass is 10.1. The first-order valence-electron chi connectivity index (χ1n) is 6.19. The summed E-state index contributed by atoms with van der Waals surface area (Å²) in [5.74, 6) is 0.0349. The second-order valence-electron chi connectivity index (χ2n) is 4.62. The monoisotopic (exact) mass is 291 g/mol. The van der Waals surface area contributed by atoms with Crippen molar-refractivity contribution in [2.75, 3.05) is 12.8 Å². The highest BCUT2D eigenvalue weighted by molar-refractivity contribution is 7.17. The number of rotatable bonds is 3. The van der Waals surface area contributed by atoms with E-state index in [0.717, 1.165) is 0 Å². The molecule has 20 heavy (non-hydrogen) atoms. The van der Waals surface area contributed by atoms with Gasteiger partial charge in [0.2, 0.25) is 0 Å². The van der Waals surface area contributed by atoms with Crippen molar-refractivity contribution >= 4 is 22.4 Å². The standard InChI is InChI=1S/C14H17N3O2S/c1-8-12(20-14(15)16-8)13(19)17(3)9(2)10-6-4-5-7-11(10)18/h4-7,9,18H,1-3H3,(H2,15,16). The average Bonchev–Trinajstić information content (AvgIpc) is 2.76. The lowest BCUT2D eigenvalue weighted by Gasteiger charge is -2.25. The molecule has 5 nitrogen and oxygen atoms in total. The van der Waals surface area contributed by atoms with E-state index in [1.165, 1.54) is 11.3 Å². The number of phenols is 1. The number of aryl methyl sites for hydroxylation is 1. The highest BCUT2D eigenvalue weighted by atomic mass is 32.1. The van der Waals surface area contributed by atoms with Crippen molar-refractivity contribution in [2.24, 2.45) is 0 Å². The summed E-state index contributed by atoms with van der Waals surface area (Å²) in [7, 11) is 1.70. The molecule has 2 aromatic rings. The number of anilines is 1. The number of carbonyl (C=O) groups excluding carboxylic acids is 1. The number of benzene rings is 1. The number of hydrogen-bond donors (Lipinski definition) is 2. The van der Waals surface area contributed by atoms with E-state index < -0.39 is 0 Å². The molecule has 1 heterocycles. The molecule has 106 valence electrons.